The van der Waals surface area contributed by atoms with E-state index in [1.807, 2.05) is 25.1 Å². The van der Waals surface area contributed by atoms with Crippen LogP contribution in [-0.2, 0) is 11.3 Å². The molecule has 0 fully saturated rings. The van der Waals surface area contributed by atoms with Crippen LogP contribution < -0.4 is 5.56 Å². The Morgan fingerprint density at radius 2 is 2.05 bits per heavy atom. The van der Waals surface area contributed by atoms with E-state index in [0.29, 0.717) is 0 Å². The van der Waals surface area contributed by atoms with E-state index in [0.717, 1.165) is 21.2 Å². The Hall–Kier alpha value is -1.88. The van der Waals surface area contributed by atoms with Crippen molar-refractivity contribution in [2.75, 3.05) is 0 Å². The number of aliphatic carboxylic acids is 1. The molecule has 1 N–H and O–H groups in total. The van der Waals surface area contributed by atoms with Gasteiger partial charge in [0, 0.05) is 16.7 Å². The van der Waals surface area contributed by atoms with Gasteiger partial charge in [-0.3, -0.25) is 9.59 Å². The smallest absolute Gasteiger partial charge is 0.323 e. The predicted molar refractivity (Wildman–Crippen MR) is 76.2 cm³/mol. The maximum Gasteiger partial charge on any atom is 0.323 e. The molecule has 5 heteroatoms. The van der Waals surface area contributed by atoms with Crippen molar-refractivity contribution in [3.8, 4) is 11.1 Å². The van der Waals surface area contributed by atoms with Crippen molar-refractivity contribution in [2.24, 2.45) is 0 Å². The average Bonchev–Trinajstić information content (AvgIpc) is 2.31. The van der Waals surface area contributed by atoms with Crippen molar-refractivity contribution in [1.29, 1.82) is 0 Å². The van der Waals surface area contributed by atoms with Gasteiger partial charge in [0.15, 0.2) is 0 Å². The second-order valence-electron chi connectivity index (χ2n) is 4.23. The van der Waals surface area contributed by atoms with Gasteiger partial charge in [-0.1, -0.05) is 22.0 Å². The van der Waals surface area contributed by atoms with E-state index in [1.165, 1.54) is 16.8 Å². The van der Waals surface area contributed by atoms with Gasteiger partial charge in [-0.05, 0) is 41.8 Å². The first-order valence-electron chi connectivity index (χ1n) is 5.66. The topological polar surface area (TPSA) is 59.3 Å². The number of carbonyl (C=O) groups is 1. The number of halogens is 1. The molecule has 0 aliphatic heterocycles. The molecule has 1 aromatic heterocycles. The van der Waals surface area contributed by atoms with Crippen molar-refractivity contribution < 1.29 is 9.90 Å². The average molecular weight is 322 g/mol. The maximum atomic E-state index is 11.8. The zero-order valence-electron chi connectivity index (χ0n) is 10.3. The minimum atomic E-state index is -1.03. The normalized spacial score (nSPS) is 10.4. The minimum Gasteiger partial charge on any atom is -0.480 e. The molecule has 0 bridgehead atoms. The molecular weight excluding hydrogens is 310 g/mol. The molecule has 98 valence electrons. The number of benzene rings is 1. The first kappa shape index (κ1) is 13.5. The highest BCUT2D eigenvalue weighted by Crippen LogP contribution is 2.24. The monoisotopic (exact) mass is 321 g/mol. The Balaban J connectivity index is 2.44. The fourth-order valence-electron chi connectivity index (χ4n) is 1.90. The number of nitrogens with zero attached hydrogens (tertiary/aromatic N) is 1. The SMILES string of the molecule is Cc1cc(Br)ccc1-c1ccn(CC(=O)O)c(=O)c1. The van der Waals surface area contributed by atoms with Gasteiger partial charge in [-0.25, -0.2) is 0 Å². The summed E-state index contributed by atoms with van der Waals surface area (Å²) in [7, 11) is 0. The lowest BCUT2D eigenvalue weighted by atomic mass is 10.0. The van der Waals surface area contributed by atoms with Gasteiger partial charge < -0.3 is 9.67 Å². The third kappa shape index (κ3) is 3.12. The summed E-state index contributed by atoms with van der Waals surface area (Å²) in [5.41, 5.74) is 2.48. The maximum absolute atomic E-state index is 11.8. The van der Waals surface area contributed by atoms with Crippen LogP contribution in [0.4, 0.5) is 0 Å². The standard InChI is InChI=1S/C14H12BrNO3/c1-9-6-11(15)2-3-12(9)10-4-5-16(8-14(18)19)13(17)7-10/h2-7H,8H2,1H3,(H,18,19). The van der Waals surface area contributed by atoms with E-state index in [4.69, 9.17) is 5.11 Å². The van der Waals surface area contributed by atoms with Gasteiger partial charge >= 0.3 is 5.97 Å². The van der Waals surface area contributed by atoms with E-state index in [1.54, 1.807) is 6.07 Å². The van der Waals surface area contributed by atoms with E-state index in [2.05, 4.69) is 15.9 Å². The summed E-state index contributed by atoms with van der Waals surface area (Å²) in [4.78, 5) is 22.4. The van der Waals surface area contributed by atoms with Crippen LogP contribution in [0.5, 0.6) is 0 Å². The molecule has 1 heterocycles. The number of carboxylic acid groups (broad SMARTS) is 1. The highest BCUT2D eigenvalue weighted by atomic mass is 79.9. The zero-order valence-corrected chi connectivity index (χ0v) is 11.8. The Bertz CT molecular complexity index is 691. The van der Waals surface area contributed by atoms with Crippen LogP contribution in [0.15, 0.2) is 45.8 Å². The fraction of sp³-hybridized carbons (Fsp3) is 0.143. The quantitative estimate of drug-likeness (QED) is 0.945. The lowest BCUT2D eigenvalue weighted by molar-refractivity contribution is -0.137. The van der Waals surface area contributed by atoms with Crippen LogP contribution in [-0.4, -0.2) is 15.6 Å². The minimum absolute atomic E-state index is 0.317. The summed E-state index contributed by atoms with van der Waals surface area (Å²) in [6.45, 7) is 1.64. The second kappa shape index (κ2) is 5.40. The lowest BCUT2D eigenvalue weighted by Crippen LogP contribution is -2.22. The lowest BCUT2D eigenvalue weighted by Gasteiger charge is -2.08. The summed E-state index contributed by atoms with van der Waals surface area (Å²) >= 11 is 3.39. The number of hydrogen-bond donors (Lipinski definition) is 1. The Labute approximate surface area is 118 Å². The number of aryl methyl sites for hydroxylation is 1. The largest absolute Gasteiger partial charge is 0.480 e. The van der Waals surface area contributed by atoms with Crippen molar-refractivity contribution in [3.05, 3.63) is 56.9 Å². The third-order valence-electron chi connectivity index (χ3n) is 2.80. The summed E-state index contributed by atoms with van der Waals surface area (Å²) in [6, 6.07) is 9.01. The van der Waals surface area contributed by atoms with Crippen LogP contribution in [0.3, 0.4) is 0 Å². The Morgan fingerprint density at radius 1 is 1.32 bits per heavy atom. The summed E-state index contributed by atoms with van der Waals surface area (Å²) in [5.74, 6) is -1.03. The van der Waals surface area contributed by atoms with Crippen LogP contribution in [0.25, 0.3) is 11.1 Å². The zero-order chi connectivity index (χ0) is 14.0. The molecular formula is C14H12BrNO3. The molecule has 0 spiro atoms. The van der Waals surface area contributed by atoms with Crippen LogP contribution in [0.1, 0.15) is 5.56 Å². The van der Waals surface area contributed by atoms with Crippen LogP contribution in [0, 0.1) is 6.92 Å². The van der Waals surface area contributed by atoms with Gasteiger partial charge in [-0.2, -0.15) is 0 Å². The highest BCUT2D eigenvalue weighted by molar-refractivity contribution is 9.10. The number of rotatable bonds is 3. The number of carboxylic acids is 1. The van der Waals surface area contributed by atoms with Gasteiger partial charge in [0.1, 0.15) is 6.54 Å². The van der Waals surface area contributed by atoms with Gasteiger partial charge in [0.05, 0.1) is 0 Å². The molecule has 0 aliphatic carbocycles. The van der Waals surface area contributed by atoms with E-state index >= 15 is 0 Å². The molecule has 0 amide bonds. The van der Waals surface area contributed by atoms with Gasteiger partial charge in [0.2, 0.25) is 0 Å². The molecule has 0 saturated heterocycles. The Kier molecular flexibility index (Phi) is 3.85. The number of hydrogen-bond acceptors (Lipinski definition) is 2. The molecule has 1 aromatic carbocycles. The van der Waals surface area contributed by atoms with Crippen LogP contribution in [0.2, 0.25) is 0 Å². The first-order chi connectivity index (χ1) is 8.97. The summed E-state index contributed by atoms with van der Waals surface area (Å²) in [5, 5.41) is 8.69. The van der Waals surface area contributed by atoms with Crippen LogP contribution >= 0.6 is 15.9 Å². The van der Waals surface area contributed by atoms with Gasteiger partial charge in [0.25, 0.3) is 5.56 Å². The molecule has 0 saturated carbocycles. The summed E-state index contributed by atoms with van der Waals surface area (Å²) < 4.78 is 2.15. The number of pyridine rings is 1. The van der Waals surface area contributed by atoms with Gasteiger partial charge in [-0.15, -0.1) is 0 Å². The van der Waals surface area contributed by atoms with Crippen molar-refractivity contribution >= 4 is 21.9 Å². The van der Waals surface area contributed by atoms with Crippen molar-refractivity contribution in [3.63, 3.8) is 0 Å². The van der Waals surface area contributed by atoms with Crippen molar-refractivity contribution in [2.45, 2.75) is 13.5 Å². The molecule has 0 unspecified atom stereocenters. The van der Waals surface area contributed by atoms with E-state index < -0.39 is 5.97 Å². The molecule has 0 aliphatic rings. The predicted octanol–water partition coefficient (Wildman–Crippen LogP) is 2.67. The third-order valence-corrected chi connectivity index (χ3v) is 3.29. The molecule has 2 aromatic rings. The van der Waals surface area contributed by atoms with E-state index in [-0.39, 0.29) is 12.1 Å². The molecule has 0 atom stereocenters. The Morgan fingerprint density at radius 3 is 2.63 bits per heavy atom. The molecule has 4 nitrogen and oxygen atoms in total. The molecule has 0 radical (unpaired) electrons. The highest BCUT2D eigenvalue weighted by Gasteiger charge is 2.06. The fourth-order valence-corrected chi connectivity index (χ4v) is 2.38. The molecule has 2 rings (SSSR count). The first-order valence-corrected chi connectivity index (χ1v) is 6.45. The van der Waals surface area contributed by atoms with E-state index in [9.17, 15) is 9.59 Å². The molecule has 19 heavy (non-hydrogen) atoms. The second-order valence-corrected chi connectivity index (χ2v) is 5.15. The summed E-state index contributed by atoms with van der Waals surface area (Å²) in [6.07, 6.45) is 1.51. The van der Waals surface area contributed by atoms with Crippen molar-refractivity contribution in [1.82, 2.24) is 4.57 Å². The number of aromatic nitrogens is 1.